The highest BCUT2D eigenvalue weighted by atomic mass is 35.5. The highest BCUT2D eigenvalue weighted by Crippen LogP contribution is 2.30. The Morgan fingerprint density at radius 1 is 1.38 bits per heavy atom. The quantitative estimate of drug-likeness (QED) is 0.814. The molecule has 1 amide bonds. The third-order valence-electron chi connectivity index (χ3n) is 4.39. The minimum absolute atomic E-state index is 0.0514. The van der Waals surface area contributed by atoms with E-state index in [1.54, 1.807) is 6.07 Å². The zero-order chi connectivity index (χ0) is 18.7. The van der Waals surface area contributed by atoms with Crippen LogP contribution < -0.4 is 5.32 Å². The zero-order valence-electron chi connectivity index (χ0n) is 13.6. The third kappa shape index (κ3) is 3.54. The van der Waals surface area contributed by atoms with Gasteiger partial charge in [0, 0.05) is 19.8 Å². The Bertz CT molecular complexity index is 835. The summed E-state index contributed by atoms with van der Waals surface area (Å²) in [5.41, 5.74) is -1.07. The Hall–Kier alpha value is -2.52. The number of halogens is 2. The average molecular weight is 383 g/mol. The first-order valence-electron chi connectivity index (χ1n) is 7.89. The number of nitrogens with one attached hydrogen (secondary N) is 1. The zero-order valence-corrected chi connectivity index (χ0v) is 14.4. The van der Waals surface area contributed by atoms with Crippen LogP contribution in [0.25, 0.3) is 5.69 Å². The number of ether oxygens (including phenoxy) is 1. The molecule has 1 fully saturated rings. The number of carbonyl (C=O) groups excluding carboxylic acids is 1. The van der Waals surface area contributed by atoms with Crippen LogP contribution in [0.1, 0.15) is 23.3 Å². The number of carboxylic acids is 1. The Kier molecular flexibility index (Phi) is 5.19. The summed E-state index contributed by atoms with van der Waals surface area (Å²) in [6.07, 6.45) is 1.87. The molecule has 0 bridgehead atoms. The van der Waals surface area contributed by atoms with Gasteiger partial charge in [-0.1, -0.05) is 22.9 Å². The van der Waals surface area contributed by atoms with Crippen molar-refractivity contribution in [2.45, 2.75) is 12.8 Å². The van der Waals surface area contributed by atoms with Crippen molar-refractivity contribution >= 4 is 23.5 Å². The minimum atomic E-state index is -1.07. The van der Waals surface area contributed by atoms with Gasteiger partial charge in [-0.3, -0.25) is 9.59 Å². The molecular formula is C16H16ClFN4O4. The molecule has 138 valence electrons. The lowest BCUT2D eigenvalue weighted by Crippen LogP contribution is -2.46. The number of aromatic nitrogens is 3. The SMILES string of the molecule is O=C(NCC1(C(=O)O)CCOCC1)c1cn(-c2cccc(Cl)c2F)nn1. The number of rotatable bonds is 5. The molecular weight excluding hydrogens is 367 g/mol. The van der Waals surface area contributed by atoms with E-state index in [9.17, 15) is 19.1 Å². The van der Waals surface area contributed by atoms with Crippen molar-refractivity contribution in [3.8, 4) is 5.69 Å². The van der Waals surface area contributed by atoms with Crippen LogP contribution in [0.5, 0.6) is 0 Å². The highest BCUT2D eigenvalue weighted by Gasteiger charge is 2.40. The fourth-order valence-corrected chi connectivity index (χ4v) is 2.89. The van der Waals surface area contributed by atoms with Crippen LogP contribution in [-0.2, 0) is 9.53 Å². The van der Waals surface area contributed by atoms with E-state index in [0.717, 1.165) is 4.68 Å². The molecule has 0 saturated carbocycles. The van der Waals surface area contributed by atoms with Crippen LogP contribution in [0.4, 0.5) is 4.39 Å². The van der Waals surface area contributed by atoms with Gasteiger partial charge in [-0.15, -0.1) is 5.10 Å². The fraction of sp³-hybridized carbons (Fsp3) is 0.375. The van der Waals surface area contributed by atoms with Gasteiger partial charge in [0.2, 0.25) is 0 Å². The van der Waals surface area contributed by atoms with Gasteiger partial charge < -0.3 is 15.2 Å². The summed E-state index contributed by atoms with van der Waals surface area (Å²) >= 11 is 5.73. The summed E-state index contributed by atoms with van der Waals surface area (Å²) in [4.78, 5) is 23.9. The van der Waals surface area contributed by atoms with E-state index in [0.29, 0.717) is 26.1 Å². The standard InChI is InChI=1S/C16H16ClFN4O4/c17-10-2-1-3-12(13(10)18)22-8-11(20-21-22)14(23)19-9-16(15(24)25)4-6-26-7-5-16/h1-3,8H,4-7,9H2,(H,19,23)(H,24,25). The maximum atomic E-state index is 14.0. The van der Waals surface area contributed by atoms with Crippen molar-refractivity contribution in [1.82, 2.24) is 20.3 Å². The minimum Gasteiger partial charge on any atom is -0.481 e. The smallest absolute Gasteiger partial charge is 0.311 e. The lowest BCUT2D eigenvalue weighted by Gasteiger charge is -2.32. The number of carbonyl (C=O) groups is 2. The molecule has 0 radical (unpaired) electrons. The van der Waals surface area contributed by atoms with E-state index in [-0.39, 0.29) is 22.9 Å². The van der Waals surface area contributed by atoms with Gasteiger partial charge in [-0.25, -0.2) is 9.07 Å². The molecule has 8 nitrogen and oxygen atoms in total. The van der Waals surface area contributed by atoms with Crippen molar-refractivity contribution in [3.63, 3.8) is 0 Å². The Balaban J connectivity index is 1.72. The number of hydrogen-bond donors (Lipinski definition) is 2. The first-order chi connectivity index (χ1) is 12.4. The van der Waals surface area contributed by atoms with Crippen molar-refractivity contribution in [2.75, 3.05) is 19.8 Å². The summed E-state index contributed by atoms with van der Waals surface area (Å²) in [5.74, 6) is -2.25. The Morgan fingerprint density at radius 3 is 2.81 bits per heavy atom. The predicted octanol–water partition coefficient (Wildman–Crippen LogP) is 1.67. The van der Waals surface area contributed by atoms with Crippen LogP contribution in [0.2, 0.25) is 5.02 Å². The summed E-state index contributed by atoms with van der Waals surface area (Å²) in [6.45, 7) is 0.599. The maximum Gasteiger partial charge on any atom is 0.311 e. The van der Waals surface area contributed by atoms with E-state index in [2.05, 4.69) is 15.6 Å². The number of amides is 1. The van der Waals surface area contributed by atoms with Gasteiger partial charge >= 0.3 is 5.97 Å². The largest absolute Gasteiger partial charge is 0.481 e. The first-order valence-corrected chi connectivity index (χ1v) is 8.27. The lowest BCUT2D eigenvalue weighted by atomic mass is 9.80. The molecule has 0 spiro atoms. The van der Waals surface area contributed by atoms with Gasteiger partial charge in [0.05, 0.1) is 16.6 Å². The normalized spacial score (nSPS) is 16.2. The summed E-state index contributed by atoms with van der Waals surface area (Å²) < 4.78 is 20.3. The fourth-order valence-electron chi connectivity index (χ4n) is 2.72. The predicted molar refractivity (Wildman–Crippen MR) is 88.8 cm³/mol. The lowest BCUT2D eigenvalue weighted by molar-refractivity contribution is -0.154. The van der Waals surface area contributed by atoms with Crippen LogP contribution >= 0.6 is 11.6 Å². The van der Waals surface area contributed by atoms with Gasteiger partial charge in [-0.05, 0) is 25.0 Å². The second-order valence-corrected chi connectivity index (χ2v) is 6.41. The van der Waals surface area contributed by atoms with E-state index in [1.165, 1.54) is 18.3 Å². The summed E-state index contributed by atoms with van der Waals surface area (Å²) in [6, 6.07) is 4.38. The number of nitrogens with zero attached hydrogens (tertiary/aromatic N) is 3. The summed E-state index contributed by atoms with van der Waals surface area (Å²) in [5, 5.41) is 19.4. The van der Waals surface area contributed by atoms with Crippen molar-refractivity contribution in [3.05, 3.63) is 40.9 Å². The molecule has 1 aliphatic rings. The molecule has 3 rings (SSSR count). The van der Waals surface area contributed by atoms with Gasteiger partial charge in [0.25, 0.3) is 5.91 Å². The second-order valence-electron chi connectivity index (χ2n) is 6.00. The third-order valence-corrected chi connectivity index (χ3v) is 4.69. The first kappa shape index (κ1) is 18.3. The van der Waals surface area contributed by atoms with Gasteiger partial charge in [0.15, 0.2) is 11.5 Å². The molecule has 10 heteroatoms. The molecule has 1 aromatic carbocycles. The Labute approximate surface area is 152 Å². The molecule has 1 aliphatic heterocycles. The highest BCUT2D eigenvalue weighted by molar-refractivity contribution is 6.30. The van der Waals surface area contributed by atoms with Crippen LogP contribution in [0.15, 0.2) is 24.4 Å². The van der Waals surface area contributed by atoms with Crippen molar-refractivity contribution < 1.29 is 23.8 Å². The molecule has 0 unspecified atom stereocenters. The topological polar surface area (TPSA) is 106 Å². The van der Waals surface area contributed by atoms with Crippen molar-refractivity contribution in [2.24, 2.45) is 5.41 Å². The molecule has 2 heterocycles. The summed E-state index contributed by atoms with van der Waals surface area (Å²) in [7, 11) is 0. The molecule has 0 atom stereocenters. The van der Waals surface area contributed by atoms with E-state index in [4.69, 9.17) is 16.3 Å². The molecule has 1 aromatic heterocycles. The second kappa shape index (κ2) is 7.38. The van der Waals surface area contributed by atoms with Gasteiger partial charge in [0.1, 0.15) is 5.69 Å². The van der Waals surface area contributed by atoms with Crippen LogP contribution in [-0.4, -0.2) is 51.7 Å². The molecule has 1 saturated heterocycles. The van der Waals surface area contributed by atoms with Crippen molar-refractivity contribution in [1.29, 1.82) is 0 Å². The average Bonchev–Trinajstić information content (AvgIpc) is 3.12. The molecule has 0 aliphatic carbocycles. The van der Waals surface area contributed by atoms with Crippen LogP contribution in [0, 0.1) is 11.2 Å². The Morgan fingerprint density at radius 2 is 2.12 bits per heavy atom. The van der Waals surface area contributed by atoms with E-state index >= 15 is 0 Å². The van der Waals surface area contributed by atoms with E-state index < -0.39 is 23.1 Å². The molecule has 2 aromatic rings. The monoisotopic (exact) mass is 382 g/mol. The van der Waals surface area contributed by atoms with E-state index in [1.807, 2.05) is 0 Å². The number of carboxylic acid groups (broad SMARTS) is 1. The van der Waals surface area contributed by atoms with Gasteiger partial charge in [-0.2, -0.15) is 0 Å². The molecule has 2 N–H and O–H groups in total. The van der Waals surface area contributed by atoms with Crippen LogP contribution in [0.3, 0.4) is 0 Å². The maximum absolute atomic E-state index is 14.0. The molecule has 26 heavy (non-hydrogen) atoms. The number of hydrogen-bond acceptors (Lipinski definition) is 5. The number of aliphatic carboxylic acids is 1. The number of benzene rings is 1.